The average molecular weight is 435 g/mol. The molecule has 31 heavy (non-hydrogen) atoms. The molecule has 2 saturated heterocycles. The zero-order valence-electron chi connectivity index (χ0n) is 17.8. The van der Waals surface area contributed by atoms with Gasteiger partial charge in [0, 0.05) is 24.7 Å². The highest BCUT2D eigenvalue weighted by Gasteiger charge is 2.44. The van der Waals surface area contributed by atoms with Crippen molar-refractivity contribution in [2.45, 2.75) is 38.6 Å². The van der Waals surface area contributed by atoms with E-state index >= 15 is 0 Å². The summed E-state index contributed by atoms with van der Waals surface area (Å²) in [4.78, 5) is 36.0. The normalized spacial score (nSPS) is 20.9. The van der Waals surface area contributed by atoms with Crippen LogP contribution in [0.5, 0.6) is 0 Å². The standard InChI is InChI=1S/C24H26N4O2S/c1-16-7-9-19(10-8-16)28-17(2)23(29)27(24(28)30)15-26-13-11-18(12-14-26)22-25-20-5-3-4-6-21(20)31-22/h3-10,17-18H,11-15H2,1-2H3/t17-/m1/s1. The lowest BCUT2D eigenvalue weighted by Gasteiger charge is -2.33. The summed E-state index contributed by atoms with van der Waals surface area (Å²) in [6.07, 6.45) is 1.99. The lowest BCUT2D eigenvalue weighted by Crippen LogP contribution is -2.45. The lowest BCUT2D eigenvalue weighted by atomic mass is 9.98. The lowest BCUT2D eigenvalue weighted by molar-refractivity contribution is -0.128. The van der Waals surface area contributed by atoms with Crippen LogP contribution in [0.3, 0.4) is 0 Å². The highest BCUT2D eigenvalue weighted by molar-refractivity contribution is 7.18. The molecule has 0 N–H and O–H groups in total. The smallest absolute Gasteiger partial charge is 0.285 e. The number of rotatable bonds is 4. The number of para-hydroxylation sites is 1. The zero-order valence-corrected chi connectivity index (χ0v) is 18.6. The van der Waals surface area contributed by atoms with E-state index in [0.717, 1.165) is 42.7 Å². The number of hydrogen-bond acceptors (Lipinski definition) is 5. The maximum Gasteiger partial charge on any atom is 0.333 e. The van der Waals surface area contributed by atoms with E-state index in [4.69, 9.17) is 4.98 Å². The fourth-order valence-corrected chi connectivity index (χ4v) is 5.62. The second-order valence-electron chi connectivity index (χ2n) is 8.48. The molecule has 1 aromatic heterocycles. The Hall–Kier alpha value is -2.77. The van der Waals surface area contributed by atoms with E-state index in [1.165, 1.54) is 14.6 Å². The first-order valence-corrected chi connectivity index (χ1v) is 11.6. The predicted molar refractivity (Wildman–Crippen MR) is 123 cm³/mol. The Morgan fingerprint density at radius 2 is 1.74 bits per heavy atom. The molecular formula is C24H26N4O2S. The number of amides is 3. The number of likely N-dealkylation sites (tertiary alicyclic amines) is 1. The highest BCUT2D eigenvalue weighted by Crippen LogP contribution is 2.34. The Morgan fingerprint density at radius 3 is 2.45 bits per heavy atom. The van der Waals surface area contributed by atoms with Gasteiger partial charge in [-0.05, 0) is 51.0 Å². The van der Waals surface area contributed by atoms with Crippen LogP contribution in [0.1, 0.15) is 36.3 Å². The Morgan fingerprint density at radius 1 is 1.03 bits per heavy atom. The Bertz CT molecular complexity index is 1090. The van der Waals surface area contributed by atoms with E-state index in [0.29, 0.717) is 12.6 Å². The average Bonchev–Trinajstić information content (AvgIpc) is 3.30. The summed E-state index contributed by atoms with van der Waals surface area (Å²) in [6, 6.07) is 15.3. The van der Waals surface area contributed by atoms with Crippen LogP contribution in [0.15, 0.2) is 48.5 Å². The fourth-order valence-electron chi connectivity index (χ4n) is 4.48. The van der Waals surface area contributed by atoms with Crippen molar-refractivity contribution in [3.63, 3.8) is 0 Å². The molecule has 2 aliphatic rings. The molecule has 2 aromatic carbocycles. The van der Waals surface area contributed by atoms with Crippen LogP contribution in [0.4, 0.5) is 10.5 Å². The van der Waals surface area contributed by atoms with Gasteiger partial charge in [0.1, 0.15) is 6.04 Å². The number of carbonyl (C=O) groups excluding carboxylic acids is 2. The molecule has 0 aliphatic carbocycles. The van der Waals surface area contributed by atoms with Gasteiger partial charge in [0.05, 0.1) is 21.9 Å². The molecule has 2 fully saturated rings. The fraction of sp³-hybridized carbons (Fsp3) is 0.375. The summed E-state index contributed by atoms with van der Waals surface area (Å²) in [5, 5.41) is 1.20. The molecule has 5 rings (SSSR count). The first-order chi connectivity index (χ1) is 15.0. The summed E-state index contributed by atoms with van der Waals surface area (Å²) >= 11 is 1.78. The van der Waals surface area contributed by atoms with Crippen molar-refractivity contribution in [3.8, 4) is 0 Å². The largest absolute Gasteiger partial charge is 0.333 e. The number of carbonyl (C=O) groups is 2. The molecule has 160 valence electrons. The summed E-state index contributed by atoms with van der Waals surface area (Å²) in [5.41, 5.74) is 2.97. The van der Waals surface area contributed by atoms with Gasteiger partial charge in [-0.1, -0.05) is 29.8 Å². The van der Waals surface area contributed by atoms with Crippen LogP contribution >= 0.6 is 11.3 Å². The minimum Gasteiger partial charge on any atom is -0.285 e. The first-order valence-electron chi connectivity index (χ1n) is 10.8. The van der Waals surface area contributed by atoms with E-state index < -0.39 is 6.04 Å². The Balaban J connectivity index is 1.24. The molecule has 0 unspecified atom stereocenters. The highest BCUT2D eigenvalue weighted by atomic mass is 32.1. The van der Waals surface area contributed by atoms with Crippen LogP contribution in [-0.2, 0) is 4.79 Å². The summed E-state index contributed by atoms with van der Waals surface area (Å²) < 4.78 is 1.23. The minimum absolute atomic E-state index is 0.126. The number of piperidine rings is 1. The third kappa shape index (κ3) is 3.72. The minimum atomic E-state index is -0.476. The van der Waals surface area contributed by atoms with Crippen molar-refractivity contribution in [1.29, 1.82) is 0 Å². The Labute approximate surface area is 186 Å². The third-order valence-electron chi connectivity index (χ3n) is 6.35. The van der Waals surface area contributed by atoms with Crippen LogP contribution < -0.4 is 4.90 Å². The maximum absolute atomic E-state index is 13.1. The van der Waals surface area contributed by atoms with Gasteiger partial charge in [0.2, 0.25) is 0 Å². The van der Waals surface area contributed by atoms with Crippen molar-refractivity contribution in [2.24, 2.45) is 0 Å². The number of hydrogen-bond donors (Lipinski definition) is 0. The molecule has 6 nitrogen and oxygen atoms in total. The van der Waals surface area contributed by atoms with Gasteiger partial charge in [-0.25, -0.2) is 14.7 Å². The molecule has 0 bridgehead atoms. The van der Waals surface area contributed by atoms with Gasteiger partial charge in [-0.15, -0.1) is 11.3 Å². The summed E-state index contributed by atoms with van der Waals surface area (Å²) in [5.74, 6) is 0.320. The number of benzene rings is 2. The molecule has 7 heteroatoms. The number of aryl methyl sites for hydroxylation is 1. The van der Waals surface area contributed by atoms with Gasteiger partial charge in [0.15, 0.2) is 0 Å². The third-order valence-corrected chi connectivity index (χ3v) is 7.55. The molecule has 3 amide bonds. The van der Waals surface area contributed by atoms with Gasteiger partial charge in [-0.3, -0.25) is 14.6 Å². The summed E-state index contributed by atoms with van der Waals surface area (Å²) in [6.45, 7) is 5.89. The van der Waals surface area contributed by atoms with Gasteiger partial charge >= 0.3 is 6.03 Å². The monoisotopic (exact) mass is 434 g/mol. The van der Waals surface area contributed by atoms with Crippen LogP contribution in [0, 0.1) is 6.92 Å². The number of imide groups is 1. The molecule has 0 spiro atoms. The van der Waals surface area contributed by atoms with E-state index in [1.807, 2.05) is 37.3 Å². The number of anilines is 1. The van der Waals surface area contributed by atoms with E-state index in [9.17, 15) is 9.59 Å². The number of thiazole rings is 1. The molecule has 2 aliphatic heterocycles. The van der Waals surface area contributed by atoms with Gasteiger partial charge < -0.3 is 0 Å². The quantitative estimate of drug-likeness (QED) is 0.563. The van der Waals surface area contributed by atoms with Gasteiger partial charge in [-0.2, -0.15) is 0 Å². The first kappa shape index (κ1) is 20.2. The van der Waals surface area contributed by atoms with Crippen molar-refractivity contribution >= 4 is 39.2 Å². The van der Waals surface area contributed by atoms with Crippen LogP contribution in [0.2, 0.25) is 0 Å². The SMILES string of the molecule is Cc1ccc(N2C(=O)N(CN3CCC(c4nc5ccccc5s4)CC3)C(=O)[C@H]2C)cc1. The van der Waals surface area contributed by atoms with E-state index in [2.05, 4.69) is 23.1 Å². The van der Waals surface area contributed by atoms with Crippen molar-refractivity contribution < 1.29 is 9.59 Å². The molecule has 0 radical (unpaired) electrons. The topological polar surface area (TPSA) is 56.8 Å². The summed E-state index contributed by atoms with van der Waals surface area (Å²) in [7, 11) is 0. The molecule has 3 aromatic rings. The van der Waals surface area contributed by atoms with Crippen molar-refractivity contribution in [2.75, 3.05) is 24.7 Å². The molecule has 1 atom stereocenters. The molecular weight excluding hydrogens is 408 g/mol. The second-order valence-corrected chi connectivity index (χ2v) is 9.55. The van der Waals surface area contributed by atoms with Crippen LogP contribution in [-0.4, -0.2) is 52.5 Å². The van der Waals surface area contributed by atoms with Crippen molar-refractivity contribution in [1.82, 2.24) is 14.8 Å². The molecule has 3 heterocycles. The van der Waals surface area contributed by atoms with Crippen LogP contribution in [0.25, 0.3) is 10.2 Å². The Kier molecular flexibility index (Phi) is 5.24. The van der Waals surface area contributed by atoms with Gasteiger partial charge in [0.25, 0.3) is 5.91 Å². The number of nitrogens with zero attached hydrogens (tertiary/aromatic N) is 4. The number of urea groups is 1. The zero-order chi connectivity index (χ0) is 21.5. The predicted octanol–water partition coefficient (Wildman–Crippen LogP) is 4.60. The van der Waals surface area contributed by atoms with E-state index in [1.54, 1.807) is 23.2 Å². The number of aromatic nitrogens is 1. The second kappa shape index (κ2) is 8.05. The van der Waals surface area contributed by atoms with Crippen molar-refractivity contribution in [3.05, 3.63) is 59.1 Å². The van der Waals surface area contributed by atoms with E-state index in [-0.39, 0.29) is 11.9 Å². The number of fused-ring (bicyclic) bond motifs is 1. The molecule has 0 saturated carbocycles. The maximum atomic E-state index is 13.1.